The standard InChI is InChI=1S/C19H32N2O/c1-15(2)17-12-18(16(3)4)14-19(13-17)22-11-10-21-8-6-20(5)7-9-21/h12-16H,6-11H2,1-5H3. The van der Waals surface area contributed by atoms with E-state index in [1.54, 1.807) is 0 Å². The van der Waals surface area contributed by atoms with Crippen molar-refractivity contribution >= 4 is 0 Å². The maximum atomic E-state index is 6.06. The van der Waals surface area contributed by atoms with E-state index in [-0.39, 0.29) is 0 Å². The average molecular weight is 304 g/mol. The molecule has 0 atom stereocenters. The molecule has 0 radical (unpaired) electrons. The minimum atomic E-state index is 0.540. The number of likely N-dealkylation sites (N-methyl/N-ethyl adjacent to an activating group) is 1. The van der Waals surface area contributed by atoms with Crippen molar-refractivity contribution in [3.63, 3.8) is 0 Å². The van der Waals surface area contributed by atoms with Gasteiger partial charge in [-0.3, -0.25) is 4.90 Å². The highest BCUT2D eigenvalue weighted by molar-refractivity contribution is 5.37. The molecule has 1 fully saturated rings. The van der Waals surface area contributed by atoms with Gasteiger partial charge in [-0.2, -0.15) is 0 Å². The topological polar surface area (TPSA) is 15.7 Å². The summed E-state index contributed by atoms with van der Waals surface area (Å²) in [4.78, 5) is 4.88. The first-order valence-corrected chi connectivity index (χ1v) is 8.64. The molecular weight excluding hydrogens is 272 g/mol. The number of piperazine rings is 1. The molecule has 1 aromatic carbocycles. The van der Waals surface area contributed by atoms with E-state index in [0.29, 0.717) is 11.8 Å². The second-order valence-corrected chi connectivity index (χ2v) is 7.14. The Labute approximate surface area is 136 Å². The summed E-state index contributed by atoms with van der Waals surface area (Å²) in [6.07, 6.45) is 0. The zero-order chi connectivity index (χ0) is 16.1. The molecule has 3 heteroatoms. The summed E-state index contributed by atoms with van der Waals surface area (Å²) in [5.74, 6) is 2.11. The Morgan fingerprint density at radius 1 is 0.909 bits per heavy atom. The molecule has 1 aliphatic heterocycles. The maximum Gasteiger partial charge on any atom is 0.119 e. The Kier molecular flexibility index (Phi) is 6.27. The van der Waals surface area contributed by atoms with E-state index in [0.717, 1.165) is 32.0 Å². The maximum absolute atomic E-state index is 6.06. The van der Waals surface area contributed by atoms with Crippen LogP contribution < -0.4 is 4.74 Å². The van der Waals surface area contributed by atoms with E-state index < -0.39 is 0 Å². The number of hydrogen-bond donors (Lipinski definition) is 0. The molecule has 1 heterocycles. The second-order valence-electron chi connectivity index (χ2n) is 7.14. The van der Waals surface area contributed by atoms with Crippen molar-refractivity contribution in [2.45, 2.75) is 39.5 Å². The third-order valence-corrected chi connectivity index (χ3v) is 4.56. The van der Waals surface area contributed by atoms with E-state index in [9.17, 15) is 0 Å². The third kappa shape index (κ3) is 4.99. The number of benzene rings is 1. The van der Waals surface area contributed by atoms with Crippen LogP contribution >= 0.6 is 0 Å². The van der Waals surface area contributed by atoms with Gasteiger partial charge in [-0.15, -0.1) is 0 Å². The summed E-state index contributed by atoms with van der Waals surface area (Å²) < 4.78 is 6.06. The zero-order valence-electron chi connectivity index (χ0n) is 14.9. The molecular formula is C19H32N2O. The molecule has 1 aromatic rings. The predicted octanol–water partition coefficient (Wildman–Crippen LogP) is 3.56. The fraction of sp³-hybridized carbons (Fsp3) is 0.684. The molecule has 0 N–H and O–H groups in total. The SMILES string of the molecule is CC(C)c1cc(OCCN2CCN(C)CC2)cc(C(C)C)c1. The van der Waals surface area contributed by atoms with Gasteiger partial charge in [-0.05, 0) is 42.1 Å². The first kappa shape index (κ1) is 17.3. The third-order valence-electron chi connectivity index (χ3n) is 4.56. The van der Waals surface area contributed by atoms with Crippen molar-refractivity contribution in [2.24, 2.45) is 0 Å². The van der Waals surface area contributed by atoms with Crippen LogP contribution in [-0.4, -0.2) is 56.2 Å². The molecule has 3 nitrogen and oxygen atoms in total. The molecule has 0 unspecified atom stereocenters. The lowest BCUT2D eigenvalue weighted by Gasteiger charge is -2.32. The number of rotatable bonds is 6. The van der Waals surface area contributed by atoms with E-state index in [2.05, 4.69) is 62.7 Å². The highest BCUT2D eigenvalue weighted by Crippen LogP contribution is 2.27. The van der Waals surface area contributed by atoms with Crippen molar-refractivity contribution in [1.29, 1.82) is 0 Å². The highest BCUT2D eigenvalue weighted by atomic mass is 16.5. The van der Waals surface area contributed by atoms with Crippen molar-refractivity contribution in [3.05, 3.63) is 29.3 Å². The summed E-state index contributed by atoms with van der Waals surface area (Å²) in [6, 6.07) is 6.74. The predicted molar refractivity (Wildman–Crippen MR) is 94.1 cm³/mol. The summed E-state index contributed by atoms with van der Waals surface area (Å²) in [5, 5.41) is 0. The first-order valence-electron chi connectivity index (χ1n) is 8.64. The van der Waals surface area contributed by atoms with Crippen LogP contribution in [0.15, 0.2) is 18.2 Å². The summed E-state index contributed by atoms with van der Waals surface area (Å²) in [5.41, 5.74) is 2.75. The normalized spacial score (nSPS) is 17.4. The average Bonchev–Trinajstić information content (AvgIpc) is 2.49. The van der Waals surface area contributed by atoms with E-state index in [4.69, 9.17) is 4.74 Å². The van der Waals surface area contributed by atoms with Crippen LogP contribution in [0.3, 0.4) is 0 Å². The second kappa shape index (κ2) is 7.98. The van der Waals surface area contributed by atoms with E-state index in [1.165, 1.54) is 24.2 Å². The van der Waals surface area contributed by atoms with Crippen molar-refractivity contribution in [1.82, 2.24) is 9.80 Å². The molecule has 0 amide bonds. The van der Waals surface area contributed by atoms with Crippen molar-refractivity contribution < 1.29 is 4.74 Å². The van der Waals surface area contributed by atoms with Crippen LogP contribution in [0.5, 0.6) is 5.75 Å². The van der Waals surface area contributed by atoms with Crippen LogP contribution in [0, 0.1) is 0 Å². The molecule has 1 aliphatic rings. The van der Waals surface area contributed by atoms with Gasteiger partial charge in [0.15, 0.2) is 0 Å². The quantitative estimate of drug-likeness (QED) is 0.799. The zero-order valence-corrected chi connectivity index (χ0v) is 14.9. The Bertz CT molecular complexity index is 436. The van der Waals surface area contributed by atoms with Crippen LogP contribution in [-0.2, 0) is 0 Å². The molecule has 0 bridgehead atoms. The van der Waals surface area contributed by atoms with E-state index >= 15 is 0 Å². The van der Waals surface area contributed by atoms with Gasteiger partial charge >= 0.3 is 0 Å². The van der Waals surface area contributed by atoms with Gasteiger partial charge in [0, 0.05) is 32.7 Å². The molecule has 2 rings (SSSR count). The van der Waals surface area contributed by atoms with Crippen LogP contribution in [0.25, 0.3) is 0 Å². The van der Waals surface area contributed by atoms with Crippen LogP contribution in [0.4, 0.5) is 0 Å². The molecule has 0 spiro atoms. The number of ether oxygens (including phenoxy) is 1. The van der Waals surface area contributed by atoms with Crippen LogP contribution in [0.2, 0.25) is 0 Å². The Morgan fingerprint density at radius 3 is 1.95 bits per heavy atom. The van der Waals surface area contributed by atoms with Crippen LogP contribution in [0.1, 0.15) is 50.7 Å². The molecule has 1 saturated heterocycles. The van der Waals surface area contributed by atoms with Gasteiger partial charge in [-0.1, -0.05) is 33.8 Å². The lowest BCUT2D eigenvalue weighted by Crippen LogP contribution is -2.45. The minimum Gasteiger partial charge on any atom is -0.492 e. The van der Waals surface area contributed by atoms with Gasteiger partial charge in [0.1, 0.15) is 12.4 Å². The van der Waals surface area contributed by atoms with Gasteiger partial charge in [-0.25, -0.2) is 0 Å². The van der Waals surface area contributed by atoms with Gasteiger partial charge in [0.25, 0.3) is 0 Å². The van der Waals surface area contributed by atoms with E-state index in [1.807, 2.05) is 0 Å². The Balaban J connectivity index is 1.91. The van der Waals surface area contributed by atoms with Crippen molar-refractivity contribution in [3.8, 4) is 5.75 Å². The minimum absolute atomic E-state index is 0.540. The number of hydrogen-bond acceptors (Lipinski definition) is 3. The summed E-state index contributed by atoms with van der Waals surface area (Å²) in [6.45, 7) is 15.4. The molecule has 0 aliphatic carbocycles. The monoisotopic (exact) mass is 304 g/mol. The molecule has 22 heavy (non-hydrogen) atoms. The summed E-state index contributed by atoms with van der Waals surface area (Å²) in [7, 11) is 2.19. The first-order chi connectivity index (χ1) is 10.5. The van der Waals surface area contributed by atoms with Gasteiger partial charge in [0.05, 0.1) is 0 Å². The fourth-order valence-corrected chi connectivity index (χ4v) is 2.76. The Morgan fingerprint density at radius 2 is 1.45 bits per heavy atom. The van der Waals surface area contributed by atoms with Gasteiger partial charge < -0.3 is 9.64 Å². The smallest absolute Gasteiger partial charge is 0.119 e. The highest BCUT2D eigenvalue weighted by Gasteiger charge is 2.13. The van der Waals surface area contributed by atoms with Gasteiger partial charge in [0.2, 0.25) is 0 Å². The Hall–Kier alpha value is -1.06. The lowest BCUT2D eigenvalue weighted by molar-refractivity contribution is 0.133. The molecule has 0 aromatic heterocycles. The lowest BCUT2D eigenvalue weighted by atomic mass is 9.95. The molecule has 0 saturated carbocycles. The molecule has 124 valence electrons. The largest absolute Gasteiger partial charge is 0.492 e. The fourth-order valence-electron chi connectivity index (χ4n) is 2.76. The van der Waals surface area contributed by atoms with Crippen molar-refractivity contribution in [2.75, 3.05) is 46.4 Å². The summed E-state index contributed by atoms with van der Waals surface area (Å²) >= 11 is 0. The number of nitrogens with zero attached hydrogens (tertiary/aromatic N) is 2.